The van der Waals surface area contributed by atoms with Gasteiger partial charge in [0.05, 0.1) is 0 Å². The van der Waals surface area contributed by atoms with Crippen LogP contribution >= 0.6 is 0 Å². The predicted octanol–water partition coefficient (Wildman–Crippen LogP) is 2.34. The first-order chi connectivity index (χ1) is 6.22. The van der Waals surface area contributed by atoms with Gasteiger partial charge in [0.2, 0.25) is 0 Å². The van der Waals surface area contributed by atoms with Crippen molar-refractivity contribution in [2.75, 3.05) is 13.2 Å². The second kappa shape index (κ2) is 5.18. The summed E-state index contributed by atoms with van der Waals surface area (Å²) >= 11 is 0. The van der Waals surface area contributed by atoms with Crippen LogP contribution in [0.2, 0.25) is 0 Å². The summed E-state index contributed by atoms with van der Waals surface area (Å²) in [6, 6.07) is 0. The van der Waals surface area contributed by atoms with E-state index in [1.165, 1.54) is 0 Å². The number of Topliss-reactive ketones (excluding diaryl/α,β-unsaturated/α-hetero) is 1. The Morgan fingerprint density at radius 2 is 2.38 bits per heavy atom. The van der Waals surface area contributed by atoms with Crippen LogP contribution in [-0.2, 0) is 9.53 Å². The molecular weight excluding hydrogens is 164 g/mol. The lowest BCUT2D eigenvalue weighted by Crippen LogP contribution is -2.08. The van der Waals surface area contributed by atoms with Gasteiger partial charge in [0.25, 0.3) is 0 Å². The predicted molar refractivity (Wildman–Crippen MR) is 52.6 cm³/mol. The van der Waals surface area contributed by atoms with Crippen LogP contribution in [0.4, 0.5) is 0 Å². The summed E-state index contributed by atoms with van der Waals surface area (Å²) in [5, 5.41) is 0. The third kappa shape index (κ3) is 3.73. The zero-order valence-corrected chi connectivity index (χ0v) is 8.34. The molecule has 0 aliphatic carbocycles. The van der Waals surface area contributed by atoms with E-state index in [1.807, 2.05) is 6.92 Å². The van der Waals surface area contributed by atoms with Crippen LogP contribution in [0.1, 0.15) is 32.6 Å². The summed E-state index contributed by atoms with van der Waals surface area (Å²) in [5.41, 5.74) is 1.05. The van der Waals surface area contributed by atoms with E-state index in [2.05, 4.69) is 6.58 Å². The topological polar surface area (TPSA) is 26.3 Å². The molecule has 74 valence electrons. The van der Waals surface area contributed by atoms with Gasteiger partial charge in [-0.2, -0.15) is 0 Å². The summed E-state index contributed by atoms with van der Waals surface area (Å²) in [5.74, 6) is 0.791. The molecule has 0 bridgehead atoms. The Kier molecular flexibility index (Phi) is 4.16. The Labute approximate surface area is 80.0 Å². The summed E-state index contributed by atoms with van der Waals surface area (Å²) in [7, 11) is 0. The van der Waals surface area contributed by atoms with Gasteiger partial charge >= 0.3 is 0 Å². The van der Waals surface area contributed by atoms with Crippen LogP contribution < -0.4 is 0 Å². The van der Waals surface area contributed by atoms with Gasteiger partial charge in [-0.1, -0.05) is 19.1 Å². The third-order valence-corrected chi connectivity index (χ3v) is 2.49. The summed E-state index contributed by atoms with van der Waals surface area (Å²) in [4.78, 5) is 11.5. The number of ketones is 1. The van der Waals surface area contributed by atoms with Gasteiger partial charge in [0.1, 0.15) is 5.78 Å². The Morgan fingerprint density at radius 1 is 1.62 bits per heavy atom. The number of hydrogen-bond donors (Lipinski definition) is 0. The number of allylic oxidation sites excluding steroid dienone is 1. The van der Waals surface area contributed by atoms with Crippen LogP contribution in [0, 0.1) is 5.92 Å². The Balaban J connectivity index is 2.20. The number of rotatable bonds is 5. The highest BCUT2D eigenvalue weighted by Gasteiger charge is 2.18. The zero-order chi connectivity index (χ0) is 9.68. The molecule has 0 aromatic heterocycles. The minimum atomic E-state index is 0.322. The number of ether oxygens (including phenoxy) is 1. The zero-order valence-electron chi connectivity index (χ0n) is 8.34. The molecular formula is C11H18O2. The molecule has 0 spiro atoms. The Morgan fingerprint density at radius 3 is 2.92 bits per heavy atom. The Hall–Kier alpha value is -0.630. The van der Waals surface area contributed by atoms with Crippen molar-refractivity contribution < 1.29 is 9.53 Å². The SMILES string of the molecule is C=C(CC)CC(=O)CC1CCOC1. The molecule has 1 atom stereocenters. The summed E-state index contributed by atoms with van der Waals surface area (Å²) in [6.07, 6.45) is 3.20. The first-order valence-corrected chi connectivity index (χ1v) is 4.98. The van der Waals surface area contributed by atoms with Crippen molar-refractivity contribution in [2.45, 2.75) is 32.6 Å². The molecule has 1 aliphatic heterocycles. The van der Waals surface area contributed by atoms with Gasteiger partial charge in [-0.05, 0) is 18.8 Å². The monoisotopic (exact) mass is 182 g/mol. The van der Waals surface area contributed by atoms with Crippen molar-refractivity contribution in [3.63, 3.8) is 0 Å². The minimum Gasteiger partial charge on any atom is -0.381 e. The minimum absolute atomic E-state index is 0.322. The highest BCUT2D eigenvalue weighted by Crippen LogP contribution is 2.18. The van der Waals surface area contributed by atoms with Gasteiger partial charge in [0, 0.05) is 26.1 Å². The first kappa shape index (κ1) is 10.5. The molecule has 1 unspecified atom stereocenters. The molecule has 1 heterocycles. The van der Waals surface area contributed by atoms with Crippen molar-refractivity contribution in [1.29, 1.82) is 0 Å². The van der Waals surface area contributed by atoms with E-state index in [9.17, 15) is 4.79 Å². The molecule has 0 N–H and O–H groups in total. The van der Waals surface area contributed by atoms with Crippen molar-refractivity contribution >= 4 is 5.78 Å². The number of carbonyl (C=O) groups excluding carboxylic acids is 1. The largest absolute Gasteiger partial charge is 0.381 e. The fourth-order valence-corrected chi connectivity index (χ4v) is 1.54. The van der Waals surface area contributed by atoms with E-state index in [0.717, 1.165) is 31.6 Å². The molecule has 1 aliphatic rings. The lowest BCUT2D eigenvalue weighted by Gasteiger charge is -2.06. The molecule has 2 nitrogen and oxygen atoms in total. The van der Waals surface area contributed by atoms with Crippen LogP contribution in [0.3, 0.4) is 0 Å². The molecule has 0 amide bonds. The maximum atomic E-state index is 11.5. The van der Waals surface area contributed by atoms with E-state index in [0.29, 0.717) is 24.5 Å². The Bertz CT molecular complexity index is 190. The van der Waals surface area contributed by atoms with E-state index in [-0.39, 0.29) is 0 Å². The maximum Gasteiger partial charge on any atom is 0.137 e. The second-order valence-electron chi connectivity index (χ2n) is 3.75. The number of hydrogen-bond acceptors (Lipinski definition) is 2. The van der Waals surface area contributed by atoms with Crippen molar-refractivity contribution in [2.24, 2.45) is 5.92 Å². The molecule has 0 saturated carbocycles. The average molecular weight is 182 g/mol. The number of carbonyl (C=O) groups is 1. The molecule has 1 rings (SSSR count). The quantitative estimate of drug-likeness (QED) is 0.610. The van der Waals surface area contributed by atoms with Gasteiger partial charge in [0.15, 0.2) is 0 Å². The summed E-state index contributed by atoms with van der Waals surface area (Å²) in [6.45, 7) is 7.47. The third-order valence-electron chi connectivity index (χ3n) is 2.49. The summed E-state index contributed by atoms with van der Waals surface area (Å²) < 4.78 is 5.21. The van der Waals surface area contributed by atoms with Crippen molar-refractivity contribution in [1.82, 2.24) is 0 Å². The van der Waals surface area contributed by atoms with E-state index in [1.54, 1.807) is 0 Å². The van der Waals surface area contributed by atoms with Gasteiger partial charge in [-0.3, -0.25) is 4.79 Å². The fraction of sp³-hybridized carbons (Fsp3) is 0.727. The molecule has 0 aromatic carbocycles. The van der Waals surface area contributed by atoms with E-state index < -0.39 is 0 Å². The maximum absolute atomic E-state index is 11.5. The molecule has 0 aromatic rings. The standard InChI is InChI=1S/C11H18O2/c1-3-9(2)6-11(12)7-10-4-5-13-8-10/h10H,2-8H2,1H3. The lowest BCUT2D eigenvalue weighted by atomic mass is 9.98. The van der Waals surface area contributed by atoms with Crippen LogP contribution in [-0.4, -0.2) is 19.0 Å². The average Bonchev–Trinajstić information content (AvgIpc) is 2.56. The fourth-order valence-electron chi connectivity index (χ4n) is 1.54. The molecule has 1 saturated heterocycles. The van der Waals surface area contributed by atoms with Gasteiger partial charge in [-0.25, -0.2) is 0 Å². The van der Waals surface area contributed by atoms with Gasteiger partial charge in [-0.15, -0.1) is 0 Å². The van der Waals surface area contributed by atoms with Gasteiger partial charge < -0.3 is 4.74 Å². The molecule has 0 radical (unpaired) electrons. The highest BCUT2D eigenvalue weighted by atomic mass is 16.5. The van der Waals surface area contributed by atoms with E-state index in [4.69, 9.17) is 4.74 Å². The second-order valence-corrected chi connectivity index (χ2v) is 3.75. The van der Waals surface area contributed by atoms with Crippen LogP contribution in [0.15, 0.2) is 12.2 Å². The van der Waals surface area contributed by atoms with Crippen LogP contribution in [0.25, 0.3) is 0 Å². The highest BCUT2D eigenvalue weighted by molar-refractivity contribution is 5.80. The normalized spacial score (nSPS) is 21.8. The lowest BCUT2D eigenvalue weighted by molar-refractivity contribution is -0.119. The molecule has 2 heteroatoms. The van der Waals surface area contributed by atoms with Crippen LogP contribution in [0.5, 0.6) is 0 Å². The smallest absolute Gasteiger partial charge is 0.137 e. The molecule has 13 heavy (non-hydrogen) atoms. The molecule has 1 fully saturated rings. The first-order valence-electron chi connectivity index (χ1n) is 4.98. The van der Waals surface area contributed by atoms with Crippen molar-refractivity contribution in [3.05, 3.63) is 12.2 Å². The van der Waals surface area contributed by atoms with E-state index >= 15 is 0 Å². The van der Waals surface area contributed by atoms with Crippen molar-refractivity contribution in [3.8, 4) is 0 Å².